The SMILES string of the molecule is CC(C)(C)OC(=O)N1CC(Oc2nccc3ccc(Cl)cc23)C[C@H]1C(=O)O. The zero-order chi connectivity index (χ0) is 19.8. The summed E-state index contributed by atoms with van der Waals surface area (Å²) >= 11 is 6.07. The summed E-state index contributed by atoms with van der Waals surface area (Å²) in [6, 6.07) is 6.19. The molecule has 1 N–H and O–H groups in total. The lowest BCUT2D eigenvalue weighted by atomic mass is 10.1. The highest BCUT2D eigenvalue weighted by Gasteiger charge is 2.42. The number of rotatable bonds is 3. The number of hydrogen-bond acceptors (Lipinski definition) is 5. The van der Waals surface area contributed by atoms with Crippen molar-refractivity contribution in [3.8, 4) is 5.88 Å². The largest absolute Gasteiger partial charge is 0.480 e. The first-order chi connectivity index (χ1) is 12.6. The minimum atomic E-state index is -1.10. The number of likely N-dealkylation sites (tertiary alicyclic amines) is 1. The van der Waals surface area contributed by atoms with Gasteiger partial charge in [-0.25, -0.2) is 14.6 Å². The highest BCUT2D eigenvalue weighted by atomic mass is 35.5. The zero-order valence-corrected chi connectivity index (χ0v) is 16.1. The lowest BCUT2D eigenvalue weighted by Gasteiger charge is -2.26. The lowest BCUT2D eigenvalue weighted by molar-refractivity contribution is -0.142. The van der Waals surface area contributed by atoms with Crippen molar-refractivity contribution < 1.29 is 24.2 Å². The second-order valence-corrected chi connectivity index (χ2v) is 7.88. The Morgan fingerprint density at radius 2 is 2.04 bits per heavy atom. The minimum absolute atomic E-state index is 0.102. The molecule has 0 saturated carbocycles. The number of ether oxygens (including phenoxy) is 2. The van der Waals surface area contributed by atoms with E-state index in [9.17, 15) is 14.7 Å². The van der Waals surface area contributed by atoms with E-state index in [2.05, 4.69) is 4.98 Å². The molecule has 0 spiro atoms. The molecule has 0 bridgehead atoms. The van der Waals surface area contributed by atoms with Gasteiger partial charge >= 0.3 is 12.1 Å². The minimum Gasteiger partial charge on any atom is -0.480 e. The molecule has 1 aromatic carbocycles. The second-order valence-electron chi connectivity index (χ2n) is 7.44. The van der Waals surface area contributed by atoms with Gasteiger partial charge in [0.2, 0.25) is 5.88 Å². The van der Waals surface area contributed by atoms with Crippen LogP contribution in [0.1, 0.15) is 27.2 Å². The quantitative estimate of drug-likeness (QED) is 0.856. The van der Waals surface area contributed by atoms with Gasteiger partial charge < -0.3 is 14.6 Å². The van der Waals surface area contributed by atoms with E-state index in [1.165, 1.54) is 4.90 Å². The number of amides is 1. The summed E-state index contributed by atoms with van der Waals surface area (Å²) in [6.07, 6.45) is 0.569. The van der Waals surface area contributed by atoms with Crippen molar-refractivity contribution in [3.63, 3.8) is 0 Å². The molecule has 2 aromatic rings. The Morgan fingerprint density at radius 3 is 2.70 bits per heavy atom. The standard InChI is InChI=1S/C19H21ClN2O5/c1-19(2,3)27-18(25)22-10-13(9-15(22)17(23)24)26-16-14-8-12(20)5-4-11(14)6-7-21-16/h4-8,13,15H,9-10H2,1-3H3,(H,23,24)/t13?,15-/m0/s1. The van der Waals surface area contributed by atoms with Gasteiger partial charge in [-0.1, -0.05) is 17.7 Å². The second kappa shape index (κ2) is 7.23. The van der Waals surface area contributed by atoms with E-state index < -0.39 is 29.8 Å². The molecular formula is C19H21ClN2O5. The molecule has 0 radical (unpaired) electrons. The Labute approximate surface area is 161 Å². The molecule has 1 aliphatic heterocycles. The Morgan fingerprint density at radius 1 is 1.30 bits per heavy atom. The first-order valence-corrected chi connectivity index (χ1v) is 8.95. The van der Waals surface area contributed by atoms with E-state index >= 15 is 0 Å². The fourth-order valence-electron chi connectivity index (χ4n) is 3.00. The maximum atomic E-state index is 12.4. The van der Waals surface area contributed by atoms with Crippen molar-refractivity contribution in [2.45, 2.75) is 44.9 Å². The molecule has 3 rings (SSSR count). The van der Waals surface area contributed by atoms with Crippen molar-refractivity contribution in [1.82, 2.24) is 9.88 Å². The van der Waals surface area contributed by atoms with Gasteiger partial charge in [0.05, 0.1) is 6.54 Å². The number of carbonyl (C=O) groups is 2. The molecule has 0 aliphatic carbocycles. The molecule has 7 nitrogen and oxygen atoms in total. The Balaban J connectivity index is 1.82. The van der Waals surface area contributed by atoms with Gasteiger partial charge in [-0.15, -0.1) is 0 Å². The molecule has 1 amide bonds. The summed E-state index contributed by atoms with van der Waals surface area (Å²) in [5, 5.41) is 11.7. The van der Waals surface area contributed by atoms with Crippen LogP contribution in [0.25, 0.3) is 10.8 Å². The molecule has 1 unspecified atom stereocenters. The highest BCUT2D eigenvalue weighted by Crippen LogP contribution is 2.30. The molecule has 27 heavy (non-hydrogen) atoms. The molecule has 1 saturated heterocycles. The van der Waals surface area contributed by atoms with Crippen molar-refractivity contribution in [2.75, 3.05) is 6.54 Å². The molecule has 1 aliphatic rings. The van der Waals surface area contributed by atoms with Gasteiger partial charge in [0.25, 0.3) is 0 Å². The summed E-state index contributed by atoms with van der Waals surface area (Å²) in [7, 11) is 0. The number of nitrogens with zero attached hydrogens (tertiary/aromatic N) is 2. The summed E-state index contributed by atoms with van der Waals surface area (Å²) in [4.78, 5) is 29.4. The average Bonchev–Trinajstić information content (AvgIpc) is 2.98. The maximum Gasteiger partial charge on any atom is 0.411 e. The lowest BCUT2D eigenvalue weighted by Crippen LogP contribution is -2.43. The van der Waals surface area contributed by atoms with Crippen molar-refractivity contribution in [3.05, 3.63) is 35.5 Å². The molecular weight excluding hydrogens is 372 g/mol. The first-order valence-electron chi connectivity index (χ1n) is 8.57. The van der Waals surface area contributed by atoms with Gasteiger partial charge in [-0.3, -0.25) is 4.90 Å². The Kier molecular flexibility index (Phi) is 5.15. The molecule has 2 heterocycles. The van der Waals surface area contributed by atoms with Gasteiger partial charge in [0.1, 0.15) is 17.7 Å². The number of pyridine rings is 1. The van der Waals surface area contributed by atoms with E-state index in [1.807, 2.05) is 12.1 Å². The third-order valence-corrected chi connectivity index (χ3v) is 4.38. The van der Waals surface area contributed by atoms with E-state index in [1.54, 1.807) is 39.1 Å². The number of halogens is 1. The van der Waals surface area contributed by atoms with E-state index in [-0.39, 0.29) is 13.0 Å². The number of hydrogen-bond donors (Lipinski definition) is 1. The number of aliphatic carboxylic acids is 1. The highest BCUT2D eigenvalue weighted by molar-refractivity contribution is 6.31. The molecule has 2 atom stereocenters. The maximum absolute atomic E-state index is 12.4. The number of carbonyl (C=O) groups excluding carboxylic acids is 1. The van der Waals surface area contributed by atoms with Gasteiger partial charge in [0.15, 0.2) is 0 Å². The van der Waals surface area contributed by atoms with Crippen molar-refractivity contribution >= 4 is 34.4 Å². The van der Waals surface area contributed by atoms with Crippen LogP contribution in [0, 0.1) is 0 Å². The molecule has 1 aromatic heterocycles. The summed E-state index contributed by atoms with van der Waals surface area (Å²) < 4.78 is 11.3. The average molecular weight is 393 g/mol. The number of fused-ring (bicyclic) bond motifs is 1. The van der Waals surface area contributed by atoms with E-state index in [4.69, 9.17) is 21.1 Å². The predicted octanol–water partition coefficient (Wildman–Crippen LogP) is 3.73. The Hall–Kier alpha value is -2.54. The van der Waals surface area contributed by atoms with Crippen LogP contribution in [0.2, 0.25) is 5.02 Å². The molecule has 8 heteroatoms. The van der Waals surface area contributed by atoms with Crippen LogP contribution in [0.5, 0.6) is 5.88 Å². The van der Waals surface area contributed by atoms with Crippen molar-refractivity contribution in [1.29, 1.82) is 0 Å². The number of benzene rings is 1. The summed E-state index contributed by atoms with van der Waals surface area (Å²) in [6.45, 7) is 5.29. The predicted molar refractivity (Wildman–Crippen MR) is 100 cm³/mol. The van der Waals surface area contributed by atoms with Gasteiger partial charge in [-0.2, -0.15) is 0 Å². The van der Waals surface area contributed by atoms with E-state index in [0.29, 0.717) is 10.9 Å². The van der Waals surface area contributed by atoms with Crippen LogP contribution in [0.3, 0.4) is 0 Å². The van der Waals surface area contributed by atoms with Crippen LogP contribution in [0.4, 0.5) is 4.79 Å². The van der Waals surface area contributed by atoms with Crippen LogP contribution in [-0.2, 0) is 9.53 Å². The van der Waals surface area contributed by atoms with Gasteiger partial charge in [0, 0.05) is 23.0 Å². The smallest absolute Gasteiger partial charge is 0.411 e. The third-order valence-electron chi connectivity index (χ3n) is 4.15. The summed E-state index contributed by atoms with van der Waals surface area (Å²) in [5.74, 6) is -0.740. The normalized spacial score (nSPS) is 19.9. The molecule has 1 fully saturated rings. The monoisotopic (exact) mass is 392 g/mol. The van der Waals surface area contributed by atoms with Crippen molar-refractivity contribution in [2.24, 2.45) is 0 Å². The fraction of sp³-hybridized carbons (Fsp3) is 0.421. The Bertz CT molecular complexity index is 880. The number of carboxylic acid groups (broad SMARTS) is 1. The van der Waals surface area contributed by atoms with Crippen LogP contribution >= 0.6 is 11.6 Å². The first kappa shape index (κ1) is 19.2. The summed E-state index contributed by atoms with van der Waals surface area (Å²) in [5.41, 5.74) is -0.715. The zero-order valence-electron chi connectivity index (χ0n) is 15.3. The van der Waals surface area contributed by atoms with Crippen LogP contribution in [-0.4, -0.2) is 51.3 Å². The van der Waals surface area contributed by atoms with Gasteiger partial charge in [-0.05, 0) is 44.4 Å². The number of aromatic nitrogens is 1. The van der Waals surface area contributed by atoms with Crippen LogP contribution in [0.15, 0.2) is 30.5 Å². The van der Waals surface area contributed by atoms with E-state index in [0.717, 1.165) is 10.8 Å². The molecule has 144 valence electrons. The third kappa shape index (κ3) is 4.42. The van der Waals surface area contributed by atoms with Crippen LogP contribution < -0.4 is 4.74 Å². The fourth-order valence-corrected chi connectivity index (χ4v) is 3.18. The number of carboxylic acids is 1. The topological polar surface area (TPSA) is 89.0 Å².